The van der Waals surface area contributed by atoms with Gasteiger partial charge in [0.2, 0.25) is 11.8 Å². The molecular weight excluding hydrogens is 363 g/mol. The average Bonchev–Trinajstić information content (AvgIpc) is 2.68. The van der Waals surface area contributed by atoms with E-state index in [1.807, 2.05) is 30.3 Å². The molecule has 0 heterocycles. The molecule has 2 atom stereocenters. The van der Waals surface area contributed by atoms with Crippen LogP contribution in [0.4, 0.5) is 4.39 Å². The van der Waals surface area contributed by atoms with Crippen LogP contribution in [0.25, 0.3) is 0 Å². The number of methoxy groups -OCH3 is 1. The predicted octanol–water partition coefficient (Wildman–Crippen LogP) is 1.77. The van der Waals surface area contributed by atoms with Crippen LogP contribution in [0.1, 0.15) is 18.1 Å². The van der Waals surface area contributed by atoms with Crippen LogP contribution < -0.4 is 10.6 Å². The highest BCUT2D eigenvalue weighted by Gasteiger charge is 2.27. The Bertz CT molecular complexity index is 826. The number of benzene rings is 2. The van der Waals surface area contributed by atoms with Crippen molar-refractivity contribution in [2.24, 2.45) is 0 Å². The van der Waals surface area contributed by atoms with Crippen LogP contribution in [0, 0.1) is 5.82 Å². The summed E-state index contributed by atoms with van der Waals surface area (Å²) in [6, 6.07) is 13.2. The van der Waals surface area contributed by atoms with Gasteiger partial charge in [-0.05, 0) is 17.2 Å². The summed E-state index contributed by atoms with van der Waals surface area (Å²) in [6.07, 6.45) is 0.184. The van der Waals surface area contributed by atoms with E-state index >= 15 is 0 Å². The molecule has 0 unspecified atom stereocenters. The Kier molecular flexibility index (Phi) is 7.68. The first-order valence-electron chi connectivity index (χ1n) is 8.83. The molecule has 28 heavy (non-hydrogen) atoms. The van der Waals surface area contributed by atoms with Crippen LogP contribution in [-0.2, 0) is 32.0 Å². The standard InChI is InChI=1S/C21H23FN2O4/c1-14(25)23-18(12-15-8-4-3-5-9-15)20(26)24-19(21(27)28-2)13-16-10-6-7-11-17(16)22/h3-11,18-19H,12-13H2,1-2H3,(H,23,25)(H,24,26)/t18-,19+/m1/s1. The van der Waals surface area contributed by atoms with E-state index in [4.69, 9.17) is 4.74 Å². The van der Waals surface area contributed by atoms with Gasteiger partial charge >= 0.3 is 5.97 Å². The molecule has 2 N–H and O–H groups in total. The molecule has 2 rings (SSSR count). The summed E-state index contributed by atoms with van der Waals surface area (Å²) in [5, 5.41) is 5.16. The van der Waals surface area contributed by atoms with E-state index in [2.05, 4.69) is 10.6 Å². The third-order valence-electron chi connectivity index (χ3n) is 4.16. The molecule has 0 saturated heterocycles. The zero-order chi connectivity index (χ0) is 20.5. The number of hydrogen-bond donors (Lipinski definition) is 2. The number of halogens is 1. The van der Waals surface area contributed by atoms with Gasteiger partial charge in [-0.2, -0.15) is 0 Å². The van der Waals surface area contributed by atoms with Crippen molar-refractivity contribution in [1.82, 2.24) is 10.6 Å². The lowest BCUT2D eigenvalue weighted by Gasteiger charge is -2.22. The summed E-state index contributed by atoms with van der Waals surface area (Å²) in [5.74, 6) is -2.10. The van der Waals surface area contributed by atoms with Crippen LogP contribution in [0.3, 0.4) is 0 Å². The largest absolute Gasteiger partial charge is 0.467 e. The number of rotatable bonds is 8. The van der Waals surface area contributed by atoms with Gasteiger partial charge in [-0.25, -0.2) is 9.18 Å². The summed E-state index contributed by atoms with van der Waals surface area (Å²) in [7, 11) is 1.19. The zero-order valence-corrected chi connectivity index (χ0v) is 15.8. The molecule has 0 saturated carbocycles. The Morgan fingerprint density at radius 2 is 1.57 bits per heavy atom. The third kappa shape index (κ3) is 6.19. The Balaban J connectivity index is 2.17. The Labute approximate surface area is 163 Å². The monoisotopic (exact) mass is 386 g/mol. The van der Waals surface area contributed by atoms with Crippen molar-refractivity contribution in [2.75, 3.05) is 7.11 Å². The molecule has 0 aromatic heterocycles. The predicted molar refractivity (Wildman–Crippen MR) is 102 cm³/mol. The molecule has 0 aliphatic carbocycles. The fraction of sp³-hybridized carbons (Fsp3) is 0.286. The lowest BCUT2D eigenvalue weighted by molar-refractivity contribution is -0.145. The molecule has 148 valence electrons. The average molecular weight is 386 g/mol. The quantitative estimate of drug-likeness (QED) is 0.678. The van der Waals surface area contributed by atoms with Crippen molar-refractivity contribution >= 4 is 17.8 Å². The summed E-state index contributed by atoms with van der Waals surface area (Å²) >= 11 is 0. The maximum Gasteiger partial charge on any atom is 0.328 e. The summed E-state index contributed by atoms with van der Waals surface area (Å²) in [4.78, 5) is 36.4. The lowest BCUT2D eigenvalue weighted by atomic mass is 10.0. The molecule has 6 nitrogen and oxygen atoms in total. The fourth-order valence-electron chi connectivity index (χ4n) is 2.80. The summed E-state index contributed by atoms with van der Waals surface area (Å²) in [6.45, 7) is 1.31. The van der Waals surface area contributed by atoms with Crippen LogP contribution in [0.15, 0.2) is 54.6 Å². The van der Waals surface area contributed by atoms with E-state index in [0.717, 1.165) is 5.56 Å². The number of hydrogen-bond acceptors (Lipinski definition) is 4. The maximum absolute atomic E-state index is 14.0. The second-order valence-electron chi connectivity index (χ2n) is 6.32. The molecule has 0 radical (unpaired) electrons. The van der Waals surface area contributed by atoms with Crippen molar-refractivity contribution < 1.29 is 23.5 Å². The molecule has 0 aliphatic rings. The van der Waals surface area contributed by atoms with Gasteiger partial charge in [-0.15, -0.1) is 0 Å². The lowest BCUT2D eigenvalue weighted by Crippen LogP contribution is -2.53. The second-order valence-corrected chi connectivity index (χ2v) is 6.32. The number of esters is 1. The fourth-order valence-corrected chi connectivity index (χ4v) is 2.80. The minimum Gasteiger partial charge on any atom is -0.467 e. The van der Waals surface area contributed by atoms with E-state index in [0.29, 0.717) is 0 Å². The van der Waals surface area contributed by atoms with Crippen LogP contribution >= 0.6 is 0 Å². The molecule has 0 fully saturated rings. The first kappa shape index (κ1) is 21.1. The number of amides is 2. The van der Waals surface area contributed by atoms with E-state index < -0.39 is 29.8 Å². The van der Waals surface area contributed by atoms with Crippen molar-refractivity contribution in [3.8, 4) is 0 Å². The van der Waals surface area contributed by atoms with Gasteiger partial charge in [0.1, 0.15) is 17.9 Å². The molecule has 2 aromatic rings. The second kappa shape index (κ2) is 10.2. The highest BCUT2D eigenvalue weighted by Crippen LogP contribution is 2.11. The first-order valence-corrected chi connectivity index (χ1v) is 8.83. The van der Waals surface area contributed by atoms with Gasteiger partial charge in [0.05, 0.1) is 7.11 Å². The van der Waals surface area contributed by atoms with Crippen LogP contribution in [0.5, 0.6) is 0 Å². The van der Waals surface area contributed by atoms with E-state index in [1.165, 1.54) is 32.2 Å². The van der Waals surface area contributed by atoms with E-state index in [9.17, 15) is 18.8 Å². The van der Waals surface area contributed by atoms with Gasteiger partial charge in [0.15, 0.2) is 0 Å². The van der Waals surface area contributed by atoms with Crippen molar-refractivity contribution in [3.05, 3.63) is 71.5 Å². The van der Waals surface area contributed by atoms with Gasteiger partial charge in [-0.3, -0.25) is 9.59 Å². The van der Waals surface area contributed by atoms with Crippen LogP contribution in [0.2, 0.25) is 0 Å². The van der Waals surface area contributed by atoms with Gasteiger partial charge in [-0.1, -0.05) is 48.5 Å². The normalized spacial score (nSPS) is 12.5. The number of nitrogens with one attached hydrogen (secondary N) is 2. The van der Waals surface area contributed by atoms with Crippen molar-refractivity contribution in [2.45, 2.75) is 31.8 Å². The van der Waals surface area contributed by atoms with Gasteiger partial charge < -0.3 is 15.4 Å². The molecule has 0 spiro atoms. The molecule has 0 aliphatic heterocycles. The number of ether oxygens (including phenoxy) is 1. The highest BCUT2D eigenvalue weighted by molar-refractivity contribution is 5.90. The van der Waals surface area contributed by atoms with Crippen LogP contribution in [-0.4, -0.2) is 37.0 Å². The number of carbonyl (C=O) groups is 3. The molecule has 0 bridgehead atoms. The molecule has 2 amide bonds. The molecular formula is C21H23FN2O4. The van der Waals surface area contributed by atoms with Gasteiger partial charge in [0, 0.05) is 19.8 Å². The SMILES string of the molecule is COC(=O)[C@H](Cc1ccccc1F)NC(=O)[C@@H](Cc1ccccc1)NC(C)=O. The van der Waals surface area contributed by atoms with E-state index in [1.54, 1.807) is 6.07 Å². The topological polar surface area (TPSA) is 84.5 Å². The van der Waals surface area contributed by atoms with Crippen molar-refractivity contribution in [3.63, 3.8) is 0 Å². The smallest absolute Gasteiger partial charge is 0.328 e. The minimum absolute atomic E-state index is 0.0663. The number of carbonyl (C=O) groups excluding carboxylic acids is 3. The third-order valence-corrected chi connectivity index (χ3v) is 4.16. The van der Waals surface area contributed by atoms with Gasteiger partial charge in [0.25, 0.3) is 0 Å². The van der Waals surface area contributed by atoms with E-state index in [-0.39, 0.29) is 24.3 Å². The Hall–Kier alpha value is -3.22. The Morgan fingerprint density at radius 1 is 0.929 bits per heavy atom. The van der Waals surface area contributed by atoms with Crippen molar-refractivity contribution in [1.29, 1.82) is 0 Å². The Morgan fingerprint density at radius 3 is 2.18 bits per heavy atom. The first-order chi connectivity index (χ1) is 13.4. The zero-order valence-electron chi connectivity index (χ0n) is 15.8. The summed E-state index contributed by atoms with van der Waals surface area (Å²) < 4.78 is 18.7. The molecule has 7 heteroatoms. The summed E-state index contributed by atoms with van der Waals surface area (Å²) in [5.41, 5.74) is 1.12. The molecule has 2 aromatic carbocycles. The minimum atomic E-state index is -1.08. The highest BCUT2D eigenvalue weighted by atomic mass is 19.1. The maximum atomic E-state index is 14.0.